The number of hydrogen-bond donors (Lipinski definition) is 3. The number of hydrogen-bond acceptors (Lipinski definition) is 7. The number of carbonyl (C=O) groups is 2. The number of H-pyrrole nitrogens is 1. The summed E-state index contributed by atoms with van der Waals surface area (Å²) in [6.07, 6.45) is 3.31. The van der Waals surface area contributed by atoms with Crippen LogP contribution in [0.1, 0.15) is 34.3 Å². The number of anilines is 2. The highest BCUT2D eigenvalue weighted by Crippen LogP contribution is 2.43. The monoisotopic (exact) mass is 578 g/mol. The number of ether oxygens (including phenoxy) is 1. The number of nitrogen functional groups attached to an aromatic ring is 1. The Kier molecular flexibility index (Phi) is 7.74. The summed E-state index contributed by atoms with van der Waals surface area (Å²) in [4.78, 5) is 38.6. The van der Waals surface area contributed by atoms with Crippen LogP contribution in [0, 0.1) is 12.7 Å². The van der Waals surface area contributed by atoms with Crippen molar-refractivity contribution in [3.8, 4) is 22.5 Å². The Morgan fingerprint density at radius 2 is 1.93 bits per heavy atom. The average molecular weight is 579 g/mol. The number of nitrogens with two attached hydrogens (primary N) is 1. The lowest BCUT2D eigenvalue weighted by Crippen LogP contribution is -2.45. The van der Waals surface area contributed by atoms with E-state index in [9.17, 15) is 14.0 Å². The standard InChI is InChI=1S/C33H31FN6O3/c1-20-13-23(16-24(34)14-20)26-17-36-31(35)29(32-38-27-8-7-22(18-41)15-28(27)39-32)30(26)40-11-9-25(10-12-40)37-33(42)43-19-21-5-3-2-4-6-21/h2-8,13-18,25H,9-12,19H2,1H3,(H2,35,36)(H,37,42)(H,38,39). The number of halogens is 1. The molecule has 0 atom stereocenters. The van der Waals surface area contributed by atoms with E-state index in [0.29, 0.717) is 59.5 Å². The third-order valence-electron chi connectivity index (χ3n) is 7.66. The molecule has 0 spiro atoms. The number of rotatable bonds is 7. The highest BCUT2D eigenvalue weighted by atomic mass is 19.1. The van der Waals surface area contributed by atoms with Gasteiger partial charge in [0.2, 0.25) is 0 Å². The number of benzene rings is 3. The molecule has 2 aromatic heterocycles. The van der Waals surface area contributed by atoms with Crippen molar-refractivity contribution < 1.29 is 18.7 Å². The van der Waals surface area contributed by atoms with Gasteiger partial charge in [0.1, 0.15) is 30.4 Å². The summed E-state index contributed by atoms with van der Waals surface area (Å²) in [6.45, 7) is 3.23. The molecule has 6 rings (SSSR count). The van der Waals surface area contributed by atoms with Gasteiger partial charge in [0.15, 0.2) is 0 Å². The van der Waals surface area contributed by atoms with Crippen molar-refractivity contribution in [3.05, 3.63) is 95.4 Å². The van der Waals surface area contributed by atoms with Gasteiger partial charge in [0, 0.05) is 36.5 Å². The van der Waals surface area contributed by atoms with Crippen LogP contribution in [-0.4, -0.2) is 46.5 Å². The number of amides is 1. The molecular weight excluding hydrogens is 547 g/mol. The lowest BCUT2D eigenvalue weighted by Gasteiger charge is -2.36. The first-order valence-corrected chi connectivity index (χ1v) is 14.1. The first-order chi connectivity index (χ1) is 20.9. The van der Waals surface area contributed by atoms with Crippen LogP contribution in [0.2, 0.25) is 0 Å². The molecule has 9 nitrogen and oxygen atoms in total. The molecule has 0 aliphatic carbocycles. The summed E-state index contributed by atoms with van der Waals surface area (Å²) < 4.78 is 20.0. The molecule has 10 heteroatoms. The van der Waals surface area contributed by atoms with Gasteiger partial charge < -0.3 is 25.7 Å². The van der Waals surface area contributed by atoms with E-state index in [-0.39, 0.29) is 24.3 Å². The van der Waals surface area contributed by atoms with Crippen molar-refractivity contribution in [2.45, 2.75) is 32.4 Å². The van der Waals surface area contributed by atoms with E-state index in [1.54, 1.807) is 24.4 Å². The SMILES string of the molecule is Cc1cc(F)cc(-c2cnc(N)c(-c3nc4ccc(C=O)cc4[nH]3)c2N2CCC(NC(=O)OCc3ccccc3)CC2)c1. The summed E-state index contributed by atoms with van der Waals surface area (Å²) in [5.74, 6) is 0.422. The van der Waals surface area contributed by atoms with E-state index in [4.69, 9.17) is 15.5 Å². The van der Waals surface area contributed by atoms with Gasteiger partial charge >= 0.3 is 6.09 Å². The number of aromatic amines is 1. The predicted molar refractivity (Wildman–Crippen MR) is 164 cm³/mol. The van der Waals surface area contributed by atoms with Gasteiger partial charge in [-0.1, -0.05) is 36.4 Å². The van der Waals surface area contributed by atoms with Gasteiger partial charge in [0.25, 0.3) is 0 Å². The zero-order chi connectivity index (χ0) is 29.9. The Morgan fingerprint density at radius 1 is 1.14 bits per heavy atom. The van der Waals surface area contributed by atoms with Gasteiger partial charge in [-0.15, -0.1) is 0 Å². The number of pyridine rings is 1. The predicted octanol–water partition coefficient (Wildman–Crippen LogP) is 6.03. The van der Waals surface area contributed by atoms with Crippen LogP contribution in [0.15, 0.2) is 72.9 Å². The van der Waals surface area contributed by atoms with Crippen LogP contribution < -0.4 is 16.0 Å². The second-order valence-corrected chi connectivity index (χ2v) is 10.7. The zero-order valence-electron chi connectivity index (χ0n) is 23.6. The number of aldehydes is 1. The Balaban J connectivity index is 1.31. The minimum atomic E-state index is -0.455. The van der Waals surface area contributed by atoms with Crippen molar-refractivity contribution in [1.29, 1.82) is 0 Å². The maximum atomic E-state index is 14.6. The van der Waals surface area contributed by atoms with Crippen molar-refractivity contribution in [3.63, 3.8) is 0 Å². The molecule has 43 heavy (non-hydrogen) atoms. The number of piperidine rings is 1. The van der Waals surface area contributed by atoms with E-state index in [1.165, 1.54) is 12.1 Å². The highest BCUT2D eigenvalue weighted by Gasteiger charge is 2.28. The normalized spacial score (nSPS) is 13.7. The molecule has 4 N–H and O–H groups in total. The zero-order valence-corrected chi connectivity index (χ0v) is 23.6. The lowest BCUT2D eigenvalue weighted by molar-refractivity contribution is 0.112. The molecule has 1 saturated heterocycles. The number of carbonyl (C=O) groups excluding carboxylic acids is 2. The van der Waals surface area contributed by atoms with Gasteiger partial charge in [-0.3, -0.25) is 4.79 Å². The second-order valence-electron chi connectivity index (χ2n) is 10.7. The third kappa shape index (κ3) is 6.04. The third-order valence-corrected chi connectivity index (χ3v) is 7.66. The summed E-state index contributed by atoms with van der Waals surface area (Å²) in [5, 5.41) is 2.99. The van der Waals surface area contributed by atoms with Gasteiger partial charge in [-0.2, -0.15) is 0 Å². The first kappa shape index (κ1) is 27.9. The van der Waals surface area contributed by atoms with Gasteiger partial charge in [0.05, 0.1) is 22.3 Å². The number of aryl methyl sites for hydroxylation is 1. The topological polar surface area (TPSA) is 126 Å². The van der Waals surface area contributed by atoms with Crippen molar-refractivity contribution in [2.24, 2.45) is 0 Å². The molecule has 5 aromatic rings. The summed E-state index contributed by atoms with van der Waals surface area (Å²) >= 11 is 0. The van der Waals surface area contributed by atoms with Crippen LogP contribution in [0.3, 0.4) is 0 Å². The van der Waals surface area contributed by atoms with Crippen molar-refractivity contribution >= 4 is 34.9 Å². The Hall–Kier alpha value is -5.25. The quantitative estimate of drug-likeness (QED) is 0.201. The molecule has 0 unspecified atom stereocenters. The molecule has 0 saturated carbocycles. The van der Waals surface area contributed by atoms with Crippen LogP contribution in [0.5, 0.6) is 0 Å². The lowest BCUT2D eigenvalue weighted by atomic mass is 9.96. The van der Waals surface area contributed by atoms with Crippen LogP contribution >= 0.6 is 0 Å². The number of imidazole rings is 1. The molecule has 1 amide bonds. The van der Waals surface area contributed by atoms with Crippen LogP contribution in [0.25, 0.3) is 33.5 Å². The van der Waals surface area contributed by atoms with E-state index >= 15 is 0 Å². The highest BCUT2D eigenvalue weighted by molar-refractivity contribution is 5.96. The van der Waals surface area contributed by atoms with Crippen LogP contribution in [0.4, 0.5) is 20.7 Å². The number of aromatic nitrogens is 3. The summed E-state index contributed by atoms with van der Waals surface area (Å²) in [6, 6.07) is 19.5. The molecule has 0 bridgehead atoms. The largest absolute Gasteiger partial charge is 0.445 e. The van der Waals surface area contributed by atoms with E-state index in [1.807, 2.05) is 43.3 Å². The minimum Gasteiger partial charge on any atom is -0.445 e. The molecule has 3 heterocycles. The fourth-order valence-electron chi connectivity index (χ4n) is 5.58. The molecule has 1 aliphatic heterocycles. The minimum absolute atomic E-state index is 0.0741. The van der Waals surface area contributed by atoms with E-state index in [0.717, 1.165) is 28.7 Å². The summed E-state index contributed by atoms with van der Waals surface area (Å²) in [7, 11) is 0. The van der Waals surface area contributed by atoms with E-state index < -0.39 is 6.09 Å². The number of nitrogens with one attached hydrogen (secondary N) is 2. The van der Waals surface area contributed by atoms with Crippen molar-refractivity contribution in [1.82, 2.24) is 20.3 Å². The number of fused-ring (bicyclic) bond motifs is 1. The number of nitrogens with zero attached hydrogens (tertiary/aromatic N) is 3. The smallest absolute Gasteiger partial charge is 0.407 e. The van der Waals surface area contributed by atoms with Crippen molar-refractivity contribution in [2.75, 3.05) is 23.7 Å². The molecule has 1 aliphatic rings. The molecular formula is C33H31FN6O3. The molecule has 3 aromatic carbocycles. The Morgan fingerprint density at radius 3 is 2.67 bits per heavy atom. The first-order valence-electron chi connectivity index (χ1n) is 14.1. The fourth-order valence-corrected chi connectivity index (χ4v) is 5.58. The van der Waals surface area contributed by atoms with E-state index in [2.05, 4.69) is 20.2 Å². The second kappa shape index (κ2) is 11.9. The van der Waals surface area contributed by atoms with Crippen LogP contribution in [-0.2, 0) is 11.3 Å². The Labute approximate surface area is 247 Å². The molecule has 1 fully saturated rings. The molecule has 0 radical (unpaired) electrons. The fraction of sp³-hybridized carbons (Fsp3) is 0.212. The number of alkyl carbamates (subject to hydrolysis) is 1. The molecule has 218 valence electrons. The summed E-state index contributed by atoms with van der Waals surface area (Å²) in [5.41, 5.74) is 12.9. The maximum absolute atomic E-state index is 14.6. The Bertz CT molecular complexity index is 1780. The van der Waals surface area contributed by atoms with Gasteiger partial charge in [-0.25, -0.2) is 19.2 Å². The maximum Gasteiger partial charge on any atom is 0.407 e. The average Bonchev–Trinajstić information content (AvgIpc) is 3.43. The van der Waals surface area contributed by atoms with Gasteiger partial charge in [-0.05, 0) is 66.8 Å².